The fourth-order valence-electron chi connectivity index (χ4n) is 1.22. The van der Waals surface area contributed by atoms with Crippen LogP contribution in [-0.4, -0.2) is 11.7 Å². The van der Waals surface area contributed by atoms with Crippen molar-refractivity contribution in [2.24, 2.45) is 0 Å². The molecule has 1 nitrogen and oxygen atoms in total. The average Bonchev–Trinajstić information content (AvgIpc) is 2.34. The second-order valence-electron chi connectivity index (χ2n) is 3.18. The van der Waals surface area contributed by atoms with E-state index in [2.05, 4.69) is 17.8 Å². The van der Waals surface area contributed by atoms with Crippen LogP contribution in [0.5, 0.6) is 0 Å². The van der Waals surface area contributed by atoms with E-state index in [4.69, 9.17) is 11.5 Å². The Bertz CT molecular complexity index is 452. The fourth-order valence-corrected chi connectivity index (χ4v) is 1.22. The summed E-state index contributed by atoms with van der Waals surface area (Å²) in [4.78, 5) is 0. The second-order valence-corrected chi connectivity index (χ2v) is 3.18. The highest BCUT2D eigenvalue weighted by molar-refractivity contribution is 5.49. The van der Waals surface area contributed by atoms with Crippen molar-refractivity contribution in [1.29, 1.82) is 0 Å². The molecule has 16 heavy (non-hydrogen) atoms. The first-order valence-corrected chi connectivity index (χ1v) is 5.19. The fraction of sp³-hybridized carbons (Fsp3) is 0.200. The van der Waals surface area contributed by atoms with Crippen LogP contribution in [0.15, 0.2) is 36.4 Å². The summed E-state index contributed by atoms with van der Waals surface area (Å²) in [5, 5.41) is 8.52. The van der Waals surface area contributed by atoms with Crippen LogP contribution in [0.25, 0.3) is 0 Å². The number of aliphatic hydroxyl groups excluding tert-OH is 1. The maximum Gasteiger partial charge on any atom is 0.0612 e. The van der Waals surface area contributed by atoms with E-state index in [0.29, 0.717) is 0 Å². The lowest BCUT2D eigenvalue weighted by molar-refractivity contribution is 0.342. The topological polar surface area (TPSA) is 20.2 Å². The zero-order valence-electron chi connectivity index (χ0n) is 9.11. The first-order chi connectivity index (χ1) is 7.88. The lowest BCUT2D eigenvalue weighted by Gasteiger charge is -1.93. The summed E-state index contributed by atoms with van der Waals surface area (Å²) < 4.78 is 0. The molecule has 0 unspecified atom stereocenters. The molecular weight excluding hydrogens is 196 g/mol. The molecule has 0 atom stereocenters. The predicted molar refractivity (Wildman–Crippen MR) is 66.7 cm³/mol. The van der Waals surface area contributed by atoms with Gasteiger partial charge < -0.3 is 5.11 Å². The van der Waals surface area contributed by atoms with Gasteiger partial charge in [-0.3, -0.25) is 0 Å². The molecule has 1 rings (SSSR count). The van der Waals surface area contributed by atoms with Gasteiger partial charge in [-0.25, -0.2) is 0 Å². The molecule has 0 bridgehead atoms. The minimum absolute atomic E-state index is 0.0906. The zero-order valence-corrected chi connectivity index (χ0v) is 9.11. The summed E-state index contributed by atoms with van der Waals surface area (Å²) in [6, 6.07) is 7.64. The molecule has 0 spiro atoms. The summed E-state index contributed by atoms with van der Waals surface area (Å²) in [7, 11) is 0. The minimum Gasteiger partial charge on any atom is -0.392 e. The largest absolute Gasteiger partial charge is 0.392 e. The molecule has 0 aliphatic heterocycles. The maximum absolute atomic E-state index is 8.52. The normalized spacial score (nSPS) is 9.50. The first kappa shape index (κ1) is 12.1. The second kappa shape index (κ2) is 7.35. The number of rotatable bonds is 3. The highest BCUT2D eigenvalue weighted by Gasteiger charge is 1.92. The van der Waals surface area contributed by atoms with Gasteiger partial charge in [0, 0.05) is 17.5 Å². The van der Waals surface area contributed by atoms with Gasteiger partial charge in [-0.1, -0.05) is 42.0 Å². The van der Waals surface area contributed by atoms with Crippen LogP contribution in [0, 0.1) is 24.2 Å². The number of unbranched alkanes of at least 4 members (excludes halogenated alkanes) is 1. The molecule has 1 heteroatoms. The number of aliphatic hydroxyl groups is 1. The third kappa shape index (κ3) is 4.05. The van der Waals surface area contributed by atoms with Crippen LogP contribution in [0.2, 0.25) is 0 Å². The Morgan fingerprint density at radius 3 is 2.62 bits per heavy atom. The van der Waals surface area contributed by atoms with Crippen molar-refractivity contribution >= 4 is 0 Å². The molecule has 0 fully saturated rings. The van der Waals surface area contributed by atoms with Crippen LogP contribution < -0.4 is 0 Å². The molecule has 80 valence electrons. The number of hydrogen-bond donors (Lipinski definition) is 1. The molecule has 0 saturated carbocycles. The van der Waals surface area contributed by atoms with Crippen LogP contribution in [0.3, 0.4) is 0 Å². The molecule has 0 aliphatic rings. The van der Waals surface area contributed by atoms with E-state index < -0.39 is 0 Å². The summed E-state index contributed by atoms with van der Waals surface area (Å²) in [5.74, 6) is 8.72. The van der Waals surface area contributed by atoms with Crippen molar-refractivity contribution in [1.82, 2.24) is 0 Å². The quantitative estimate of drug-likeness (QED) is 0.461. The van der Waals surface area contributed by atoms with E-state index in [1.54, 1.807) is 6.08 Å². The highest BCUT2D eigenvalue weighted by Crippen LogP contribution is 2.05. The van der Waals surface area contributed by atoms with Gasteiger partial charge in [-0.15, -0.1) is 6.42 Å². The Kier molecular flexibility index (Phi) is 5.56. The lowest BCUT2D eigenvalue weighted by Crippen LogP contribution is -1.81. The molecule has 0 aliphatic carbocycles. The summed E-state index contributed by atoms with van der Waals surface area (Å²) >= 11 is 0. The molecule has 1 aromatic carbocycles. The Hall–Kier alpha value is -1.96. The minimum atomic E-state index is 0.0906. The van der Waals surface area contributed by atoms with Crippen molar-refractivity contribution in [2.45, 2.75) is 12.8 Å². The first-order valence-electron chi connectivity index (χ1n) is 5.19. The Morgan fingerprint density at radius 1 is 1.19 bits per heavy atom. The molecule has 1 aromatic rings. The van der Waals surface area contributed by atoms with Crippen LogP contribution in [-0.2, 0) is 0 Å². The summed E-state index contributed by atoms with van der Waals surface area (Å²) in [6.07, 6.45) is 10.6. The third-order valence-corrected chi connectivity index (χ3v) is 2.01. The van der Waals surface area contributed by atoms with Crippen molar-refractivity contribution in [2.75, 3.05) is 6.61 Å². The monoisotopic (exact) mass is 210 g/mol. The third-order valence-electron chi connectivity index (χ3n) is 2.01. The molecule has 0 heterocycles. The Labute approximate surface area is 96.8 Å². The SMILES string of the molecule is C#Cc1ccccc1C#CCC/C=C/CO. The van der Waals surface area contributed by atoms with Crippen LogP contribution in [0.4, 0.5) is 0 Å². The molecule has 0 amide bonds. The lowest BCUT2D eigenvalue weighted by atomic mass is 10.1. The van der Waals surface area contributed by atoms with Gasteiger partial charge in [0.25, 0.3) is 0 Å². The van der Waals surface area contributed by atoms with E-state index in [1.165, 1.54) is 0 Å². The standard InChI is InChI=1S/C15H14O/c1-2-14-10-7-8-12-15(14)11-6-4-3-5-9-13-16/h1,5,7-10,12,16H,3-4,13H2/b9-5+. The van der Waals surface area contributed by atoms with Crippen LogP contribution >= 0.6 is 0 Å². The van der Waals surface area contributed by atoms with Crippen molar-refractivity contribution in [3.05, 3.63) is 47.5 Å². The summed E-state index contributed by atoms with van der Waals surface area (Å²) in [6.45, 7) is 0.0906. The molecule has 1 N–H and O–H groups in total. The number of allylic oxidation sites excluding steroid dienone is 1. The van der Waals surface area contributed by atoms with Crippen molar-refractivity contribution in [3.63, 3.8) is 0 Å². The van der Waals surface area contributed by atoms with Gasteiger partial charge in [-0.2, -0.15) is 0 Å². The van der Waals surface area contributed by atoms with Gasteiger partial charge in [0.2, 0.25) is 0 Å². The van der Waals surface area contributed by atoms with E-state index >= 15 is 0 Å². The number of hydrogen-bond acceptors (Lipinski definition) is 1. The van der Waals surface area contributed by atoms with Gasteiger partial charge in [0.15, 0.2) is 0 Å². The zero-order chi connectivity index (χ0) is 11.6. The highest BCUT2D eigenvalue weighted by atomic mass is 16.2. The Morgan fingerprint density at radius 2 is 1.94 bits per heavy atom. The molecular formula is C15H14O. The summed E-state index contributed by atoms with van der Waals surface area (Å²) in [5.41, 5.74) is 1.73. The van der Waals surface area contributed by atoms with E-state index in [-0.39, 0.29) is 6.61 Å². The molecule has 0 saturated heterocycles. The smallest absolute Gasteiger partial charge is 0.0612 e. The molecule has 0 radical (unpaired) electrons. The van der Waals surface area contributed by atoms with Crippen molar-refractivity contribution in [3.8, 4) is 24.2 Å². The molecule has 0 aromatic heterocycles. The number of benzene rings is 1. The van der Waals surface area contributed by atoms with E-state index in [1.807, 2.05) is 30.3 Å². The predicted octanol–water partition coefficient (Wildman–Crippen LogP) is 2.35. The number of terminal acetylenes is 1. The van der Waals surface area contributed by atoms with Gasteiger partial charge in [0.1, 0.15) is 0 Å². The van der Waals surface area contributed by atoms with Crippen molar-refractivity contribution < 1.29 is 5.11 Å². The maximum atomic E-state index is 8.52. The van der Waals surface area contributed by atoms with Gasteiger partial charge in [-0.05, 0) is 18.6 Å². The van der Waals surface area contributed by atoms with Gasteiger partial charge >= 0.3 is 0 Å². The average molecular weight is 210 g/mol. The van der Waals surface area contributed by atoms with E-state index in [0.717, 1.165) is 24.0 Å². The van der Waals surface area contributed by atoms with E-state index in [9.17, 15) is 0 Å². The Balaban J connectivity index is 2.57. The van der Waals surface area contributed by atoms with Crippen LogP contribution in [0.1, 0.15) is 24.0 Å². The van der Waals surface area contributed by atoms with Gasteiger partial charge in [0.05, 0.1) is 6.61 Å².